The van der Waals surface area contributed by atoms with Gasteiger partial charge in [0.2, 0.25) is 0 Å². The molecule has 0 saturated heterocycles. The van der Waals surface area contributed by atoms with Crippen molar-refractivity contribution in [3.05, 3.63) is 75.4 Å². The molecule has 3 aromatic rings. The molecule has 2 N–H and O–H groups in total. The van der Waals surface area contributed by atoms with Gasteiger partial charge in [0.1, 0.15) is 0 Å². The average molecular weight is 372 g/mol. The number of hydrogen-bond donors (Lipinski definition) is 2. The Morgan fingerprint density at radius 2 is 1.88 bits per heavy atom. The summed E-state index contributed by atoms with van der Waals surface area (Å²) >= 11 is 12.3. The van der Waals surface area contributed by atoms with E-state index in [2.05, 4.69) is 39.8 Å². The summed E-state index contributed by atoms with van der Waals surface area (Å²) < 4.78 is 0. The van der Waals surface area contributed by atoms with Gasteiger partial charge in [-0.2, -0.15) is 5.10 Å². The number of aromatic nitrogens is 2. The number of nitrogens with zero attached hydrogens (tertiary/aromatic N) is 1. The summed E-state index contributed by atoms with van der Waals surface area (Å²) in [6, 6.07) is 15.0. The fraction of sp³-hybridized carbons (Fsp3) is 0.250. The van der Waals surface area contributed by atoms with Crippen LogP contribution in [0.2, 0.25) is 10.0 Å². The van der Waals surface area contributed by atoms with Crippen molar-refractivity contribution in [1.82, 2.24) is 15.5 Å². The molecular weight excluding hydrogens is 353 g/mol. The molecule has 128 valence electrons. The maximum absolute atomic E-state index is 6.25. The lowest BCUT2D eigenvalue weighted by molar-refractivity contribution is 0.471. The third kappa shape index (κ3) is 3.08. The Morgan fingerprint density at radius 1 is 1.00 bits per heavy atom. The van der Waals surface area contributed by atoms with Crippen molar-refractivity contribution >= 4 is 23.2 Å². The van der Waals surface area contributed by atoms with Crippen molar-refractivity contribution in [3.8, 4) is 11.3 Å². The number of H-pyrrole nitrogens is 1. The minimum absolute atomic E-state index is 0.338. The van der Waals surface area contributed by atoms with E-state index in [1.807, 2.05) is 25.2 Å². The molecular formula is C20H19Cl2N3. The maximum Gasteiger partial charge on any atom is 0.0650 e. The molecule has 0 saturated carbocycles. The third-order valence-corrected chi connectivity index (χ3v) is 5.83. The fourth-order valence-corrected chi connectivity index (χ4v) is 4.10. The number of fused-ring (bicyclic) bond motifs is 1. The van der Waals surface area contributed by atoms with E-state index in [-0.39, 0.29) is 0 Å². The van der Waals surface area contributed by atoms with Gasteiger partial charge in [0.05, 0.1) is 15.7 Å². The molecule has 0 radical (unpaired) electrons. The molecule has 25 heavy (non-hydrogen) atoms. The Bertz CT molecular complexity index is 890. The summed E-state index contributed by atoms with van der Waals surface area (Å²) in [5.41, 5.74) is 6.12. The van der Waals surface area contributed by atoms with Crippen LogP contribution in [-0.2, 0) is 0 Å². The molecule has 2 atom stereocenters. The van der Waals surface area contributed by atoms with Gasteiger partial charge in [0, 0.05) is 18.2 Å². The Labute approximate surface area is 157 Å². The van der Waals surface area contributed by atoms with Crippen LogP contribution in [0.5, 0.6) is 0 Å². The van der Waals surface area contributed by atoms with Gasteiger partial charge in [0.15, 0.2) is 0 Å². The van der Waals surface area contributed by atoms with Gasteiger partial charge in [-0.3, -0.25) is 5.10 Å². The Balaban J connectivity index is 1.80. The molecule has 0 unspecified atom stereocenters. The molecule has 3 nitrogen and oxygen atoms in total. The van der Waals surface area contributed by atoms with Gasteiger partial charge in [0.25, 0.3) is 0 Å². The van der Waals surface area contributed by atoms with Crippen LogP contribution in [0.3, 0.4) is 0 Å². The van der Waals surface area contributed by atoms with E-state index in [1.54, 1.807) is 6.20 Å². The first-order chi connectivity index (χ1) is 12.2. The molecule has 5 heteroatoms. The van der Waals surface area contributed by atoms with Gasteiger partial charge < -0.3 is 5.32 Å². The van der Waals surface area contributed by atoms with Crippen LogP contribution in [0.1, 0.15) is 41.5 Å². The highest BCUT2D eigenvalue weighted by Gasteiger charge is 2.28. The quantitative estimate of drug-likeness (QED) is 0.631. The molecule has 1 heterocycles. The lowest BCUT2D eigenvalue weighted by Gasteiger charge is -2.32. The second-order valence-electron chi connectivity index (χ2n) is 6.46. The first-order valence-electron chi connectivity index (χ1n) is 8.43. The summed E-state index contributed by atoms with van der Waals surface area (Å²) in [6.45, 7) is 0. The lowest BCUT2D eigenvalue weighted by atomic mass is 9.76. The van der Waals surface area contributed by atoms with Crippen LogP contribution in [0.15, 0.2) is 48.7 Å². The summed E-state index contributed by atoms with van der Waals surface area (Å²) in [5, 5.41) is 11.8. The van der Waals surface area contributed by atoms with Gasteiger partial charge >= 0.3 is 0 Å². The maximum atomic E-state index is 6.25. The number of hydrogen-bond acceptors (Lipinski definition) is 2. The van der Waals surface area contributed by atoms with E-state index in [0.29, 0.717) is 22.0 Å². The van der Waals surface area contributed by atoms with E-state index in [1.165, 1.54) is 16.7 Å². The molecule has 1 aliphatic rings. The molecule has 4 rings (SSSR count). The standard InChI is InChI=1S/C20H19Cl2N3/c1-23-20-7-5-14(12-3-6-17(21)18(22)11-12)15-4-2-13(10-16(15)20)19-8-9-24-25-19/h2-4,6,8-11,14,20,23H,5,7H2,1H3,(H,24,25)/t14-,20-/m0/s1. The van der Waals surface area contributed by atoms with Crippen molar-refractivity contribution in [1.29, 1.82) is 0 Å². The highest BCUT2D eigenvalue weighted by Crippen LogP contribution is 2.43. The lowest BCUT2D eigenvalue weighted by Crippen LogP contribution is -2.24. The third-order valence-electron chi connectivity index (χ3n) is 5.09. The predicted octanol–water partition coefficient (Wildman–Crippen LogP) is 5.57. The van der Waals surface area contributed by atoms with Crippen LogP contribution < -0.4 is 5.32 Å². The van der Waals surface area contributed by atoms with E-state index >= 15 is 0 Å². The van der Waals surface area contributed by atoms with Crippen LogP contribution in [0.25, 0.3) is 11.3 Å². The fourth-order valence-electron chi connectivity index (χ4n) is 3.80. The van der Waals surface area contributed by atoms with Crippen molar-refractivity contribution in [3.63, 3.8) is 0 Å². The molecule has 0 aliphatic heterocycles. The summed E-state index contributed by atoms with van der Waals surface area (Å²) in [6.07, 6.45) is 3.95. The van der Waals surface area contributed by atoms with Crippen LogP contribution in [0.4, 0.5) is 0 Å². The monoisotopic (exact) mass is 371 g/mol. The van der Waals surface area contributed by atoms with Gasteiger partial charge in [-0.15, -0.1) is 0 Å². The van der Waals surface area contributed by atoms with Crippen LogP contribution >= 0.6 is 23.2 Å². The highest BCUT2D eigenvalue weighted by molar-refractivity contribution is 6.42. The van der Waals surface area contributed by atoms with E-state index in [4.69, 9.17) is 23.2 Å². The zero-order valence-electron chi connectivity index (χ0n) is 13.9. The smallest absolute Gasteiger partial charge is 0.0650 e. The highest BCUT2D eigenvalue weighted by atomic mass is 35.5. The number of benzene rings is 2. The summed E-state index contributed by atoms with van der Waals surface area (Å²) in [5.74, 6) is 0.338. The second-order valence-corrected chi connectivity index (χ2v) is 7.27. The second kappa shape index (κ2) is 6.83. The number of nitrogens with one attached hydrogen (secondary N) is 2. The molecule has 1 aliphatic carbocycles. The Kier molecular flexibility index (Phi) is 4.55. The number of aromatic amines is 1. The minimum atomic E-state index is 0.338. The van der Waals surface area contributed by atoms with Crippen molar-refractivity contribution < 1.29 is 0 Å². The van der Waals surface area contributed by atoms with Crippen molar-refractivity contribution in [2.24, 2.45) is 0 Å². The number of rotatable bonds is 3. The molecule has 1 aromatic heterocycles. The molecule has 0 amide bonds. The normalized spacial score (nSPS) is 19.6. The SMILES string of the molecule is CN[C@H]1CC[C@@H](c2ccc(Cl)c(Cl)c2)c2ccc(-c3ccn[nH]3)cc21. The van der Waals surface area contributed by atoms with E-state index < -0.39 is 0 Å². The molecule has 0 spiro atoms. The molecule has 0 bridgehead atoms. The van der Waals surface area contributed by atoms with Crippen molar-refractivity contribution in [2.45, 2.75) is 24.8 Å². The van der Waals surface area contributed by atoms with Gasteiger partial charge in [-0.25, -0.2) is 0 Å². The zero-order valence-corrected chi connectivity index (χ0v) is 15.4. The first-order valence-corrected chi connectivity index (χ1v) is 9.18. The van der Waals surface area contributed by atoms with Gasteiger partial charge in [-0.1, -0.05) is 41.4 Å². The van der Waals surface area contributed by atoms with E-state index in [0.717, 1.165) is 24.1 Å². The minimum Gasteiger partial charge on any atom is -0.313 e. The summed E-state index contributed by atoms with van der Waals surface area (Å²) in [7, 11) is 2.02. The largest absolute Gasteiger partial charge is 0.313 e. The predicted molar refractivity (Wildman–Crippen MR) is 103 cm³/mol. The topological polar surface area (TPSA) is 40.7 Å². The van der Waals surface area contributed by atoms with E-state index in [9.17, 15) is 0 Å². The molecule has 0 fully saturated rings. The first kappa shape index (κ1) is 16.6. The molecule has 2 aromatic carbocycles. The average Bonchev–Trinajstić information content (AvgIpc) is 3.17. The van der Waals surface area contributed by atoms with Crippen LogP contribution in [-0.4, -0.2) is 17.2 Å². The van der Waals surface area contributed by atoms with Gasteiger partial charge in [-0.05, 0) is 66.4 Å². The van der Waals surface area contributed by atoms with Crippen molar-refractivity contribution in [2.75, 3.05) is 7.05 Å². The Morgan fingerprint density at radius 3 is 2.60 bits per heavy atom. The van der Waals surface area contributed by atoms with Crippen LogP contribution in [0, 0.1) is 0 Å². The zero-order chi connectivity index (χ0) is 17.4. The summed E-state index contributed by atoms with van der Waals surface area (Å²) in [4.78, 5) is 0. The Hall–Kier alpha value is -1.81. The number of halogens is 2.